The number of nitrogens with one attached hydrogen (secondary N) is 1. The fourth-order valence-corrected chi connectivity index (χ4v) is 2.57. The first-order valence-electron chi connectivity index (χ1n) is 6.87. The summed E-state index contributed by atoms with van der Waals surface area (Å²) < 4.78 is 19.2. The van der Waals surface area contributed by atoms with Crippen molar-refractivity contribution in [3.63, 3.8) is 0 Å². The lowest BCUT2D eigenvalue weighted by molar-refractivity contribution is 0.405. The molecule has 0 spiro atoms. The number of hydrogen-bond acceptors (Lipinski definition) is 2. The fraction of sp³-hybridized carbons (Fsp3) is 0.294. The molecular formula is C17H19ClFNO. The molecule has 0 aromatic heterocycles. The van der Waals surface area contributed by atoms with Gasteiger partial charge in [-0.2, -0.15) is 0 Å². The molecule has 0 bridgehead atoms. The Hall–Kier alpha value is -1.58. The summed E-state index contributed by atoms with van der Waals surface area (Å²) in [5.41, 5.74) is 1.72. The molecule has 21 heavy (non-hydrogen) atoms. The summed E-state index contributed by atoms with van der Waals surface area (Å²) >= 11 is 5.94. The summed E-state index contributed by atoms with van der Waals surface area (Å²) in [5.74, 6) is 0.629. The first-order valence-corrected chi connectivity index (χ1v) is 7.25. The molecule has 0 aliphatic rings. The van der Waals surface area contributed by atoms with Crippen LogP contribution in [-0.4, -0.2) is 20.2 Å². The molecule has 0 radical (unpaired) electrons. The van der Waals surface area contributed by atoms with Gasteiger partial charge in [-0.1, -0.05) is 29.8 Å². The molecule has 0 fully saturated rings. The third kappa shape index (κ3) is 4.19. The van der Waals surface area contributed by atoms with E-state index in [-0.39, 0.29) is 11.9 Å². The van der Waals surface area contributed by atoms with Crippen molar-refractivity contribution >= 4 is 11.6 Å². The molecule has 112 valence electrons. The highest BCUT2D eigenvalue weighted by Gasteiger charge is 2.14. The molecule has 1 unspecified atom stereocenters. The first-order chi connectivity index (χ1) is 10.1. The Labute approximate surface area is 129 Å². The molecule has 0 amide bonds. The van der Waals surface area contributed by atoms with Gasteiger partial charge in [0.15, 0.2) is 0 Å². The van der Waals surface area contributed by atoms with Gasteiger partial charge < -0.3 is 10.1 Å². The molecular weight excluding hydrogens is 289 g/mol. The molecule has 0 aliphatic heterocycles. The van der Waals surface area contributed by atoms with Crippen LogP contribution in [0.1, 0.15) is 11.1 Å². The Balaban J connectivity index is 2.15. The maximum Gasteiger partial charge on any atom is 0.126 e. The summed E-state index contributed by atoms with van der Waals surface area (Å²) in [6, 6.07) is 12.6. The summed E-state index contributed by atoms with van der Waals surface area (Å²) in [6.07, 6.45) is 1.33. The van der Waals surface area contributed by atoms with Crippen LogP contribution in [0.25, 0.3) is 0 Å². The van der Waals surface area contributed by atoms with Gasteiger partial charge in [-0.3, -0.25) is 0 Å². The molecule has 1 atom stereocenters. The van der Waals surface area contributed by atoms with E-state index in [0.717, 1.165) is 17.7 Å². The number of ether oxygens (including phenoxy) is 1. The average molecular weight is 308 g/mol. The molecule has 0 heterocycles. The number of rotatable bonds is 6. The van der Waals surface area contributed by atoms with Crippen molar-refractivity contribution in [3.8, 4) is 5.75 Å². The van der Waals surface area contributed by atoms with Crippen molar-refractivity contribution in [2.75, 3.05) is 14.2 Å². The lowest BCUT2D eigenvalue weighted by atomic mass is 9.98. The maximum atomic E-state index is 13.8. The largest absolute Gasteiger partial charge is 0.496 e. The SMILES string of the molecule is CNC(Cc1cc(Cl)ccc1F)Cc1ccccc1OC. The maximum absolute atomic E-state index is 13.8. The third-order valence-electron chi connectivity index (χ3n) is 3.54. The van der Waals surface area contributed by atoms with Crippen LogP contribution in [0.5, 0.6) is 5.75 Å². The highest BCUT2D eigenvalue weighted by molar-refractivity contribution is 6.30. The molecule has 0 aliphatic carbocycles. The number of hydrogen-bond donors (Lipinski definition) is 1. The van der Waals surface area contributed by atoms with Crippen LogP contribution >= 0.6 is 11.6 Å². The van der Waals surface area contributed by atoms with Crippen LogP contribution in [0, 0.1) is 5.82 Å². The van der Waals surface area contributed by atoms with E-state index in [9.17, 15) is 4.39 Å². The molecule has 2 aromatic rings. The summed E-state index contributed by atoms with van der Waals surface area (Å²) in [7, 11) is 3.53. The van der Waals surface area contributed by atoms with E-state index in [2.05, 4.69) is 5.32 Å². The minimum Gasteiger partial charge on any atom is -0.496 e. The van der Waals surface area contributed by atoms with Gasteiger partial charge in [0.2, 0.25) is 0 Å². The molecule has 1 N–H and O–H groups in total. The molecule has 2 aromatic carbocycles. The Morgan fingerprint density at radius 2 is 1.86 bits per heavy atom. The Morgan fingerprint density at radius 3 is 2.57 bits per heavy atom. The van der Waals surface area contributed by atoms with E-state index in [1.807, 2.05) is 31.3 Å². The van der Waals surface area contributed by atoms with E-state index in [0.29, 0.717) is 17.0 Å². The third-order valence-corrected chi connectivity index (χ3v) is 3.78. The van der Waals surface area contributed by atoms with Gasteiger partial charge in [-0.05, 0) is 55.3 Å². The molecule has 0 saturated heterocycles. The smallest absolute Gasteiger partial charge is 0.126 e. The van der Waals surface area contributed by atoms with E-state index in [1.165, 1.54) is 6.07 Å². The predicted molar refractivity (Wildman–Crippen MR) is 84.7 cm³/mol. The number of para-hydroxylation sites is 1. The van der Waals surface area contributed by atoms with E-state index in [1.54, 1.807) is 19.2 Å². The number of likely N-dealkylation sites (N-methyl/N-ethyl adjacent to an activating group) is 1. The second-order valence-corrected chi connectivity index (χ2v) is 5.38. The van der Waals surface area contributed by atoms with Crippen molar-refractivity contribution in [2.24, 2.45) is 0 Å². The van der Waals surface area contributed by atoms with Crippen LogP contribution in [0.4, 0.5) is 4.39 Å². The van der Waals surface area contributed by atoms with Crippen LogP contribution < -0.4 is 10.1 Å². The standard InChI is InChI=1S/C17H19ClFNO/c1-20-15(10-12-5-3-4-6-17(12)21-2)11-13-9-14(18)7-8-16(13)19/h3-9,15,20H,10-11H2,1-2H3. The molecule has 4 heteroatoms. The highest BCUT2D eigenvalue weighted by atomic mass is 35.5. The van der Waals surface area contributed by atoms with Crippen LogP contribution in [0.2, 0.25) is 5.02 Å². The highest BCUT2D eigenvalue weighted by Crippen LogP contribution is 2.21. The number of halogens is 2. The molecule has 2 rings (SSSR count). The zero-order valence-electron chi connectivity index (χ0n) is 12.2. The minimum absolute atomic E-state index is 0.106. The Bertz CT molecular complexity index is 603. The van der Waals surface area contributed by atoms with Crippen molar-refractivity contribution in [1.82, 2.24) is 5.32 Å². The van der Waals surface area contributed by atoms with Crippen LogP contribution in [0.15, 0.2) is 42.5 Å². The quantitative estimate of drug-likeness (QED) is 0.875. The summed E-state index contributed by atoms with van der Waals surface area (Å²) in [5, 5.41) is 3.79. The van der Waals surface area contributed by atoms with Gasteiger partial charge in [0.25, 0.3) is 0 Å². The van der Waals surface area contributed by atoms with Gasteiger partial charge in [-0.25, -0.2) is 4.39 Å². The van der Waals surface area contributed by atoms with Crippen molar-refractivity contribution < 1.29 is 9.13 Å². The van der Waals surface area contributed by atoms with Gasteiger partial charge in [0, 0.05) is 11.1 Å². The second-order valence-electron chi connectivity index (χ2n) is 4.94. The van der Waals surface area contributed by atoms with Crippen molar-refractivity contribution in [1.29, 1.82) is 0 Å². The first kappa shape index (κ1) is 15.8. The lowest BCUT2D eigenvalue weighted by Crippen LogP contribution is -2.30. The van der Waals surface area contributed by atoms with Crippen molar-refractivity contribution in [3.05, 3.63) is 64.4 Å². The van der Waals surface area contributed by atoms with Gasteiger partial charge in [0.05, 0.1) is 7.11 Å². The zero-order chi connectivity index (χ0) is 15.2. The summed E-state index contributed by atoms with van der Waals surface area (Å²) in [4.78, 5) is 0. The number of methoxy groups -OCH3 is 1. The van der Waals surface area contributed by atoms with Gasteiger partial charge in [-0.15, -0.1) is 0 Å². The normalized spacial score (nSPS) is 12.2. The van der Waals surface area contributed by atoms with Crippen LogP contribution in [0.3, 0.4) is 0 Å². The topological polar surface area (TPSA) is 21.3 Å². The number of benzene rings is 2. The predicted octanol–water partition coefficient (Wildman–Crippen LogP) is 3.86. The summed E-state index contributed by atoms with van der Waals surface area (Å²) in [6.45, 7) is 0. The van der Waals surface area contributed by atoms with E-state index < -0.39 is 0 Å². The van der Waals surface area contributed by atoms with Crippen molar-refractivity contribution in [2.45, 2.75) is 18.9 Å². The lowest BCUT2D eigenvalue weighted by Gasteiger charge is -2.18. The van der Waals surface area contributed by atoms with E-state index in [4.69, 9.17) is 16.3 Å². The van der Waals surface area contributed by atoms with Crippen LogP contribution in [-0.2, 0) is 12.8 Å². The molecule has 2 nitrogen and oxygen atoms in total. The minimum atomic E-state index is -0.223. The van der Waals surface area contributed by atoms with E-state index >= 15 is 0 Å². The average Bonchev–Trinajstić information content (AvgIpc) is 2.50. The van der Waals surface area contributed by atoms with Gasteiger partial charge in [0.1, 0.15) is 11.6 Å². The second kappa shape index (κ2) is 7.43. The van der Waals surface area contributed by atoms with Gasteiger partial charge >= 0.3 is 0 Å². The monoisotopic (exact) mass is 307 g/mol. The zero-order valence-corrected chi connectivity index (χ0v) is 13.0. The fourth-order valence-electron chi connectivity index (χ4n) is 2.38. The Kier molecular flexibility index (Phi) is 5.59. The molecule has 0 saturated carbocycles. The Morgan fingerprint density at radius 1 is 1.14 bits per heavy atom.